The molecular weight excluding hydrogens is 267 g/mol. The Morgan fingerprint density at radius 2 is 1.21 bits per heavy atom. The van der Waals surface area contributed by atoms with Crippen LogP contribution in [0.3, 0.4) is 0 Å². The number of amides is 2. The van der Waals surface area contributed by atoms with Crippen molar-refractivity contribution in [2.45, 2.75) is 37.8 Å². The van der Waals surface area contributed by atoms with E-state index >= 15 is 0 Å². The van der Waals surface area contributed by atoms with Crippen LogP contribution in [0.2, 0.25) is 0 Å². The Labute approximate surface area is 131 Å². The third-order valence-electron chi connectivity index (χ3n) is 2.56. The first-order chi connectivity index (χ1) is 8.40. The number of aliphatic carboxylic acids is 2. The topological polar surface area (TPSA) is 138 Å². The Hall–Kier alpha value is -1.12. The Morgan fingerprint density at radius 1 is 0.895 bits per heavy atom. The van der Waals surface area contributed by atoms with E-state index in [9.17, 15) is 29.4 Å². The zero-order valence-electron chi connectivity index (χ0n) is 10.4. The summed E-state index contributed by atoms with van der Waals surface area (Å²) in [7, 11) is 0. The molecule has 0 bridgehead atoms. The molecule has 0 aliphatic carbocycles. The van der Waals surface area contributed by atoms with Crippen LogP contribution < -0.4 is 50.4 Å². The molecule has 0 aromatic heterocycles. The minimum atomic E-state index is -1.19. The SMILES string of the molecule is O=C1CCC(C(=O)[O-])N1.O=C1CCC(C(=O)[O-])N1.[Na+]. The van der Waals surface area contributed by atoms with Crippen LogP contribution in [0.4, 0.5) is 0 Å². The Bertz CT molecular complexity index is 350. The predicted molar refractivity (Wildman–Crippen MR) is 52.3 cm³/mol. The van der Waals surface area contributed by atoms with Crippen LogP contribution in [0, 0.1) is 0 Å². The van der Waals surface area contributed by atoms with Gasteiger partial charge < -0.3 is 30.4 Å². The molecule has 2 fully saturated rings. The summed E-state index contributed by atoms with van der Waals surface area (Å²) in [6, 6.07) is -1.50. The minimum absolute atomic E-state index is 0. The van der Waals surface area contributed by atoms with Gasteiger partial charge in [-0.3, -0.25) is 9.59 Å². The molecule has 0 saturated carbocycles. The molecule has 0 aromatic carbocycles. The van der Waals surface area contributed by atoms with Gasteiger partial charge in [-0.1, -0.05) is 0 Å². The van der Waals surface area contributed by atoms with Crippen LogP contribution in [0.25, 0.3) is 0 Å². The van der Waals surface area contributed by atoms with E-state index in [0.717, 1.165) is 0 Å². The normalized spacial score (nSPS) is 24.4. The molecular formula is C10H12N2NaO6-. The molecule has 2 saturated heterocycles. The molecule has 2 aliphatic heterocycles. The molecule has 2 N–H and O–H groups in total. The second kappa shape index (κ2) is 8.13. The van der Waals surface area contributed by atoms with Crippen molar-refractivity contribution >= 4 is 23.8 Å². The van der Waals surface area contributed by atoms with Crippen LogP contribution >= 0.6 is 0 Å². The van der Waals surface area contributed by atoms with Crippen molar-refractivity contribution in [1.82, 2.24) is 10.6 Å². The fourth-order valence-electron chi connectivity index (χ4n) is 1.58. The number of hydrogen-bond acceptors (Lipinski definition) is 6. The van der Waals surface area contributed by atoms with Gasteiger partial charge in [-0.15, -0.1) is 0 Å². The first-order valence-corrected chi connectivity index (χ1v) is 5.40. The largest absolute Gasteiger partial charge is 1.00 e. The van der Waals surface area contributed by atoms with Gasteiger partial charge in [0.05, 0.1) is 24.0 Å². The molecule has 2 heterocycles. The Kier molecular flexibility index (Phi) is 7.65. The van der Waals surface area contributed by atoms with E-state index in [1.54, 1.807) is 0 Å². The van der Waals surface area contributed by atoms with Crippen LogP contribution in [-0.2, 0) is 19.2 Å². The molecule has 8 nitrogen and oxygen atoms in total. The molecule has 0 spiro atoms. The fraction of sp³-hybridized carbons (Fsp3) is 0.600. The molecule has 19 heavy (non-hydrogen) atoms. The first kappa shape index (κ1) is 17.9. The van der Waals surface area contributed by atoms with Gasteiger partial charge in [0.25, 0.3) is 0 Å². The maximum atomic E-state index is 10.4. The van der Waals surface area contributed by atoms with Crippen molar-refractivity contribution < 1.29 is 58.9 Å². The first-order valence-electron chi connectivity index (χ1n) is 5.40. The van der Waals surface area contributed by atoms with Crippen LogP contribution in [0.5, 0.6) is 0 Å². The molecule has 2 unspecified atom stereocenters. The smallest absolute Gasteiger partial charge is 0.548 e. The molecule has 0 radical (unpaired) electrons. The van der Waals surface area contributed by atoms with Gasteiger partial charge >= 0.3 is 29.6 Å². The van der Waals surface area contributed by atoms with E-state index in [4.69, 9.17) is 0 Å². The molecule has 2 atom stereocenters. The van der Waals surface area contributed by atoms with E-state index in [1.165, 1.54) is 0 Å². The van der Waals surface area contributed by atoms with E-state index in [2.05, 4.69) is 10.6 Å². The van der Waals surface area contributed by atoms with Crippen molar-refractivity contribution in [3.05, 3.63) is 0 Å². The van der Waals surface area contributed by atoms with Crippen molar-refractivity contribution in [2.24, 2.45) is 0 Å². The van der Waals surface area contributed by atoms with Crippen molar-refractivity contribution in [2.75, 3.05) is 0 Å². The zero-order chi connectivity index (χ0) is 13.7. The average Bonchev–Trinajstić information content (AvgIpc) is 2.88. The van der Waals surface area contributed by atoms with Gasteiger partial charge in [-0.25, -0.2) is 0 Å². The summed E-state index contributed by atoms with van der Waals surface area (Å²) in [6.07, 6.45) is 1.33. The van der Waals surface area contributed by atoms with Gasteiger partial charge in [0.2, 0.25) is 11.8 Å². The Balaban J connectivity index is 0.000000324. The molecule has 100 valence electrons. The number of hydrogen-bond donors (Lipinski definition) is 2. The van der Waals surface area contributed by atoms with Gasteiger partial charge in [0, 0.05) is 12.8 Å². The molecule has 0 aromatic rings. The maximum Gasteiger partial charge on any atom is 1.00 e. The second-order valence-corrected chi connectivity index (χ2v) is 3.96. The van der Waals surface area contributed by atoms with Crippen molar-refractivity contribution in [3.63, 3.8) is 0 Å². The van der Waals surface area contributed by atoms with Gasteiger partial charge in [0.15, 0.2) is 0 Å². The number of nitrogens with one attached hydrogen (secondary N) is 2. The van der Waals surface area contributed by atoms with Crippen LogP contribution in [0.1, 0.15) is 25.7 Å². The van der Waals surface area contributed by atoms with Crippen molar-refractivity contribution in [3.8, 4) is 0 Å². The summed E-state index contributed by atoms with van der Waals surface area (Å²) >= 11 is 0. The van der Waals surface area contributed by atoms with Crippen LogP contribution in [-0.4, -0.2) is 35.8 Å². The third kappa shape index (κ3) is 6.04. The number of rotatable bonds is 2. The average molecular weight is 279 g/mol. The maximum absolute atomic E-state index is 10.4. The Morgan fingerprint density at radius 3 is 1.32 bits per heavy atom. The predicted octanol–water partition coefficient (Wildman–Crippen LogP) is -6.97. The fourth-order valence-corrected chi connectivity index (χ4v) is 1.58. The standard InChI is InChI=1S/2C5H7NO3.Na/c2*7-4-2-1-3(6-4)5(8)9;/h2*3H,1-2H2,(H,6,7)(H,8,9);/q;;+1/p-2. The molecule has 2 aliphatic rings. The summed E-state index contributed by atoms with van der Waals surface area (Å²) in [6.45, 7) is 0. The van der Waals surface area contributed by atoms with Crippen molar-refractivity contribution in [1.29, 1.82) is 0 Å². The number of carbonyl (C=O) groups excluding carboxylic acids is 4. The number of carbonyl (C=O) groups is 4. The quantitative estimate of drug-likeness (QED) is 0.482. The summed E-state index contributed by atoms with van der Waals surface area (Å²) in [5.74, 6) is -2.80. The molecule has 2 amide bonds. The van der Waals surface area contributed by atoms with Gasteiger partial charge in [-0.05, 0) is 12.8 Å². The third-order valence-corrected chi connectivity index (χ3v) is 2.56. The van der Waals surface area contributed by atoms with E-state index < -0.39 is 24.0 Å². The van der Waals surface area contributed by atoms with E-state index in [1.807, 2.05) is 0 Å². The zero-order valence-corrected chi connectivity index (χ0v) is 12.4. The summed E-state index contributed by atoms with van der Waals surface area (Å²) in [5, 5.41) is 24.5. The van der Waals surface area contributed by atoms with Crippen LogP contribution in [0.15, 0.2) is 0 Å². The minimum Gasteiger partial charge on any atom is -0.548 e. The summed E-state index contributed by atoms with van der Waals surface area (Å²) < 4.78 is 0. The van der Waals surface area contributed by atoms with E-state index in [0.29, 0.717) is 25.7 Å². The van der Waals surface area contributed by atoms with E-state index in [-0.39, 0.29) is 41.4 Å². The molecule has 2 rings (SSSR count). The second-order valence-electron chi connectivity index (χ2n) is 3.96. The summed E-state index contributed by atoms with van der Waals surface area (Å²) in [4.78, 5) is 40.8. The molecule has 9 heteroatoms. The summed E-state index contributed by atoms with van der Waals surface area (Å²) in [5.41, 5.74) is 0. The number of carboxylic acids is 2. The number of carboxylic acid groups (broad SMARTS) is 2. The van der Waals surface area contributed by atoms with Gasteiger partial charge in [-0.2, -0.15) is 0 Å². The van der Waals surface area contributed by atoms with Gasteiger partial charge in [0.1, 0.15) is 0 Å². The monoisotopic (exact) mass is 279 g/mol.